The summed E-state index contributed by atoms with van der Waals surface area (Å²) >= 11 is 0. The van der Waals surface area contributed by atoms with Crippen LogP contribution in [-0.2, 0) is 6.61 Å². The number of aromatic nitrogens is 2. The second-order valence-corrected chi connectivity index (χ2v) is 8.26. The van der Waals surface area contributed by atoms with Gasteiger partial charge in [0.05, 0.1) is 11.4 Å². The molecular weight excluding hydrogens is 448 g/mol. The first-order chi connectivity index (χ1) is 17.0. The zero-order valence-corrected chi connectivity index (χ0v) is 18.7. The van der Waals surface area contributed by atoms with Gasteiger partial charge in [0.2, 0.25) is 6.79 Å². The van der Waals surface area contributed by atoms with Crippen molar-refractivity contribution in [3.05, 3.63) is 83.0 Å². The molecule has 0 fully saturated rings. The van der Waals surface area contributed by atoms with Crippen LogP contribution in [0.15, 0.2) is 60.7 Å². The van der Waals surface area contributed by atoms with E-state index < -0.39 is 5.91 Å². The zero-order valence-electron chi connectivity index (χ0n) is 18.7. The van der Waals surface area contributed by atoms with Gasteiger partial charge in [-0.05, 0) is 48.9 Å². The van der Waals surface area contributed by atoms with E-state index in [0.29, 0.717) is 51.0 Å². The maximum atomic E-state index is 12.9. The molecule has 0 bridgehead atoms. The highest BCUT2D eigenvalue weighted by molar-refractivity contribution is 6.05. The minimum atomic E-state index is -0.656. The summed E-state index contributed by atoms with van der Waals surface area (Å²) in [7, 11) is 0. The second kappa shape index (κ2) is 7.91. The number of rotatable bonds is 4. The number of amides is 2. The van der Waals surface area contributed by atoms with E-state index in [-0.39, 0.29) is 25.0 Å². The lowest BCUT2D eigenvalue weighted by atomic mass is 10.0. The molecule has 1 aromatic heterocycles. The molecule has 35 heavy (non-hydrogen) atoms. The van der Waals surface area contributed by atoms with Crippen molar-refractivity contribution in [2.24, 2.45) is 5.73 Å². The van der Waals surface area contributed by atoms with Crippen LogP contribution in [0.25, 0.3) is 16.9 Å². The number of nitrogens with zero attached hydrogens (tertiary/aromatic N) is 2. The summed E-state index contributed by atoms with van der Waals surface area (Å²) in [6.07, 6.45) is 0. The van der Waals surface area contributed by atoms with Gasteiger partial charge in [-0.15, -0.1) is 0 Å². The van der Waals surface area contributed by atoms with Gasteiger partial charge in [0.15, 0.2) is 17.2 Å². The fourth-order valence-electron chi connectivity index (χ4n) is 4.36. The van der Waals surface area contributed by atoms with Crippen LogP contribution >= 0.6 is 0 Å². The van der Waals surface area contributed by atoms with E-state index in [2.05, 4.69) is 10.4 Å². The summed E-state index contributed by atoms with van der Waals surface area (Å²) in [6, 6.07) is 18.1. The van der Waals surface area contributed by atoms with E-state index in [1.54, 1.807) is 41.1 Å². The Morgan fingerprint density at radius 1 is 0.971 bits per heavy atom. The number of hydrogen-bond donors (Lipinski definition) is 2. The molecule has 0 unspecified atom stereocenters. The number of ether oxygens (including phenoxy) is 3. The molecule has 3 N–H and O–H groups in total. The molecule has 0 saturated carbocycles. The molecule has 3 aromatic carbocycles. The highest BCUT2D eigenvalue weighted by Crippen LogP contribution is 2.42. The van der Waals surface area contributed by atoms with Crippen LogP contribution in [0.3, 0.4) is 0 Å². The van der Waals surface area contributed by atoms with Gasteiger partial charge < -0.3 is 25.3 Å². The van der Waals surface area contributed by atoms with Crippen molar-refractivity contribution in [2.45, 2.75) is 13.5 Å². The third kappa shape index (κ3) is 3.45. The molecule has 0 radical (unpaired) electrons. The maximum absolute atomic E-state index is 12.9. The number of benzene rings is 3. The highest BCUT2D eigenvalue weighted by atomic mass is 16.7. The Balaban J connectivity index is 1.46. The van der Waals surface area contributed by atoms with Crippen molar-refractivity contribution in [1.29, 1.82) is 0 Å². The Bertz CT molecular complexity index is 1520. The molecule has 2 aliphatic rings. The largest absolute Gasteiger partial charge is 0.488 e. The van der Waals surface area contributed by atoms with Crippen LogP contribution in [0.5, 0.6) is 17.2 Å². The van der Waals surface area contributed by atoms with Crippen molar-refractivity contribution < 1.29 is 23.8 Å². The normalized spacial score (nSPS) is 12.9. The predicted molar refractivity (Wildman–Crippen MR) is 127 cm³/mol. The molecule has 4 aromatic rings. The predicted octanol–water partition coefficient (Wildman–Crippen LogP) is 3.82. The number of primary amides is 1. The summed E-state index contributed by atoms with van der Waals surface area (Å²) in [6.45, 7) is 2.17. The Morgan fingerprint density at radius 2 is 1.77 bits per heavy atom. The van der Waals surface area contributed by atoms with E-state index in [4.69, 9.17) is 19.9 Å². The number of fused-ring (bicyclic) bond motifs is 4. The number of nitrogens with one attached hydrogen (secondary N) is 1. The summed E-state index contributed by atoms with van der Waals surface area (Å²) in [5.74, 6) is 0.942. The van der Waals surface area contributed by atoms with Crippen LogP contribution < -0.4 is 25.3 Å². The number of carbonyl (C=O) groups is 2. The summed E-state index contributed by atoms with van der Waals surface area (Å²) in [4.78, 5) is 25.1. The molecule has 174 valence electrons. The fourth-order valence-corrected chi connectivity index (χ4v) is 4.36. The first-order valence-electron chi connectivity index (χ1n) is 11.0. The number of hydrogen-bond acceptors (Lipinski definition) is 6. The van der Waals surface area contributed by atoms with E-state index in [9.17, 15) is 9.59 Å². The lowest BCUT2D eigenvalue weighted by molar-refractivity contribution is 0.0990. The standard InChI is InChI=1S/C26H20N4O5/c1-14-4-2-3-5-17(14)26(32)28-15-6-8-20-18(10-15)24-19(12-33-20)23(25(27)31)29-30(24)16-7-9-21-22(11-16)35-13-34-21/h2-11H,12-13H2,1H3,(H2,27,31)(H,28,32). The molecule has 3 heterocycles. The number of aryl methyl sites for hydroxylation is 1. The molecule has 0 saturated heterocycles. The van der Waals surface area contributed by atoms with Crippen LogP contribution in [-0.4, -0.2) is 28.4 Å². The molecule has 2 amide bonds. The maximum Gasteiger partial charge on any atom is 0.269 e. The average molecular weight is 468 g/mol. The Morgan fingerprint density at radius 3 is 2.60 bits per heavy atom. The van der Waals surface area contributed by atoms with Gasteiger partial charge in [0.25, 0.3) is 11.8 Å². The van der Waals surface area contributed by atoms with E-state index in [0.717, 1.165) is 5.56 Å². The van der Waals surface area contributed by atoms with Crippen molar-refractivity contribution in [1.82, 2.24) is 9.78 Å². The highest BCUT2D eigenvalue weighted by Gasteiger charge is 2.30. The third-order valence-electron chi connectivity index (χ3n) is 6.07. The lowest BCUT2D eigenvalue weighted by Gasteiger charge is -2.21. The molecule has 0 aliphatic carbocycles. The van der Waals surface area contributed by atoms with E-state index in [1.165, 1.54) is 0 Å². The van der Waals surface area contributed by atoms with Crippen LogP contribution in [0.2, 0.25) is 0 Å². The topological polar surface area (TPSA) is 118 Å². The van der Waals surface area contributed by atoms with Crippen LogP contribution in [0, 0.1) is 6.92 Å². The van der Waals surface area contributed by atoms with Gasteiger partial charge in [-0.3, -0.25) is 9.59 Å². The molecule has 0 atom stereocenters. The smallest absolute Gasteiger partial charge is 0.269 e. The zero-order chi connectivity index (χ0) is 24.1. The fraction of sp³-hybridized carbons (Fsp3) is 0.115. The summed E-state index contributed by atoms with van der Waals surface area (Å²) in [5, 5.41) is 7.46. The first kappa shape index (κ1) is 20.8. The Hall–Kier alpha value is -4.79. The van der Waals surface area contributed by atoms with Crippen LogP contribution in [0.4, 0.5) is 5.69 Å². The molecular formula is C26H20N4O5. The summed E-state index contributed by atoms with van der Waals surface area (Å²) < 4.78 is 18.5. The van der Waals surface area contributed by atoms with Gasteiger partial charge in [-0.1, -0.05) is 18.2 Å². The Kier molecular flexibility index (Phi) is 4.70. The number of anilines is 1. The van der Waals surface area contributed by atoms with Gasteiger partial charge >= 0.3 is 0 Å². The molecule has 6 rings (SSSR count). The monoisotopic (exact) mass is 468 g/mol. The van der Waals surface area contributed by atoms with Crippen molar-refractivity contribution in [3.63, 3.8) is 0 Å². The SMILES string of the molecule is Cc1ccccc1C(=O)Nc1ccc2c(c1)-c1c(c(C(N)=O)nn1-c1ccc3c(c1)OCO3)CO2. The van der Waals surface area contributed by atoms with Gasteiger partial charge in [-0.25, -0.2) is 4.68 Å². The van der Waals surface area contributed by atoms with E-state index in [1.807, 2.05) is 31.2 Å². The molecule has 0 spiro atoms. The Labute approximate surface area is 200 Å². The third-order valence-corrected chi connectivity index (χ3v) is 6.07. The van der Waals surface area contributed by atoms with E-state index >= 15 is 0 Å². The van der Waals surface area contributed by atoms with Crippen molar-refractivity contribution in [2.75, 3.05) is 12.1 Å². The van der Waals surface area contributed by atoms with Gasteiger partial charge in [0.1, 0.15) is 12.4 Å². The van der Waals surface area contributed by atoms with Crippen molar-refractivity contribution in [3.8, 4) is 34.2 Å². The molecule has 9 heteroatoms. The minimum Gasteiger partial charge on any atom is -0.488 e. The van der Waals surface area contributed by atoms with Crippen LogP contribution in [0.1, 0.15) is 32.0 Å². The summed E-state index contributed by atoms with van der Waals surface area (Å²) in [5.41, 5.74) is 10.4. The quantitative estimate of drug-likeness (QED) is 0.470. The molecule has 2 aliphatic heterocycles. The number of carbonyl (C=O) groups excluding carboxylic acids is 2. The van der Waals surface area contributed by atoms with Gasteiger partial charge in [-0.2, -0.15) is 5.10 Å². The minimum absolute atomic E-state index is 0.123. The molecule has 9 nitrogen and oxygen atoms in total. The average Bonchev–Trinajstić information content (AvgIpc) is 3.48. The second-order valence-electron chi connectivity index (χ2n) is 8.26. The van der Waals surface area contributed by atoms with Gasteiger partial charge in [0, 0.05) is 28.4 Å². The first-order valence-corrected chi connectivity index (χ1v) is 11.0. The number of nitrogens with two attached hydrogens (primary N) is 1. The lowest BCUT2D eigenvalue weighted by Crippen LogP contribution is -2.16. The van der Waals surface area contributed by atoms with Crippen molar-refractivity contribution >= 4 is 17.5 Å².